The summed E-state index contributed by atoms with van der Waals surface area (Å²) in [6, 6.07) is 3.59. The molecule has 1 fully saturated rings. The molecule has 0 unspecified atom stereocenters. The van der Waals surface area contributed by atoms with Crippen LogP contribution in [-0.4, -0.2) is 16.1 Å². The predicted octanol–water partition coefficient (Wildman–Crippen LogP) is 3.57. The van der Waals surface area contributed by atoms with E-state index in [9.17, 15) is 4.79 Å². The summed E-state index contributed by atoms with van der Waals surface area (Å²) in [5.74, 6) is 1.44. The molecule has 3 rings (SSSR count). The minimum absolute atomic E-state index is 0. The van der Waals surface area contributed by atoms with Crippen LogP contribution in [0.4, 0.5) is 5.82 Å². The molecule has 0 atom stereocenters. The van der Waals surface area contributed by atoms with Crippen molar-refractivity contribution >= 4 is 24.1 Å². The van der Waals surface area contributed by atoms with Gasteiger partial charge in [-0.1, -0.05) is 25.7 Å². The Balaban J connectivity index is 0.00000192. The molecule has 1 amide bonds. The van der Waals surface area contributed by atoms with E-state index in [2.05, 4.69) is 15.5 Å². The Morgan fingerprint density at radius 2 is 2.04 bits per heavy atom. The highest BCUT2D eigenvalue weighted by Gasteiger charge is 2.18. The van der Waals surface area contributed by atoms with Gasteiger partial charge in [-0.3, -0.25) is 9.89 Å². The van der Waals surface area contributed by atoms with Gasteiger partial charge in [0.1, 0.15) is 12.0 Å². The normalized spacial score (nSPS) is 15.7. The van der Waals surface area contributed by atoms with Gasteiger partial charge in [-0.15, -0.1) is 12.4 Å². The number of amides is 1. The van der Waals surface area contributed by atoms with E-state index in [0.29, 0.717) is 23.1 Å². The van der Waals surface area contributed by atoms with Crippen molar-refractivity contribution in [2.45, 2.75) is 51.0 Å². The van der Waals surface area contributed by atoms with Crippen molar-refractivity contribution < 1.29 is 9.21 Å². The van der Waals surface area contributed by atoms with Gasteiger partial charge >= 0.3 is 0 Å². The van der Waals surface area contributed by atoms with Crippen LogP contribution in [0.5, 0.6) is 0 Å². The highest BCUT2D eigenvalue weighted by Crippen LogP contribution is 2.31. The average Bonchev–Trinajstić information content (AvgIpc) is 3.11. The third kappa shape index (κ3) is 4.36. The third-order valence-electron chi connectivity index (χ3n) is 4.25. The van der Waals surface area contributed by atoms with E-state index in [0.717, 1.165) is 5.69 Å². The Labute approximate surface area is 141 Å². The third-order valence-corrected chi connectivity index (χ3v) is 4.25. The zero-order valence-corrected chi connectivity index (χ0v) is 13.8. The van der Waals surface area contributed by atoms with Gasteiger partial charge in [0.2, 0.25) is 0 Å². The standard InChI is InChI=1S/C16H22N4O2.ClH/c17-9-13-7-12(10-22-13)16(21)18-15-8-14(19-20-15)11-5-3-1-2-4-6-11;/h7-8,10-11H,1-6,9,17H2,(H2,18,19,20,21);1H. The summed E-state index contributed by atoms with van der Waals surface area (Å²) in [5, 5.41) is 10.1. The van der Waals surface area contributed by atoms with Crippen LogP contribution in [0.25, 0.3) is 0 Å². The number of carbonyl (C=O) groups excluding carboxylic acids is 1. The maximum Gasteiger partial charge on any atom is 0.260 e. The number of hydrogen-bond donors (Lipinski definition) is 3. The molecule has 0 aliphatic heterocycles. The van der Waals surface area contributed by atoms with Gasteiger partial charge in [0, 0.05) is 17.7 Å². The van der Waals surface area contributed by atoms with Crippen LogP contribution in [0.1, 0.15) is 66.3 Å². The molecule has 23 heavy (non-hydrogen) atoms. The van der Waals surface area contributed by atoms with E-state index in [-0.39, 0.29) is 24.9 Å². The number of anilines is 1. The number of furan rings is 1. The zero-order chi connectivity index (χ0) is 15.4. The summed E-state index contributed by atoms with van der Waals surface area (Å²) in [4.78, 5) is 12.1. The summed E-state index contributed by atoms with van der Waals surface area (Å²) < 4.78 is 5.17. The highest BCUT2D eigenvalue weighted by atomic mass is 35.5. The van der Waals surface area contributed by atoms with Crippen LogP contribution in [0, 0.1) is 0 Å². The molecule has 0 saturated heterocycles. The van der Waals surface area contributed by atoms with Crippen molar-refractivity contribution in [2.75, 3.05) is 5.32 Å². The Morgan fingerprint density at radius 1 is 1.30 bits per heavy atom. The van der Waals surface area contributed by atoms with E-state index in [1.54, 1.807) is 6.07 Å². The van der Waals surface area contributed by atoms with Crippen LogP contribution in [0.2, 0.25) is 0 Å². The number of hydrogen-bond acceptors (Lipinski definition) is 4. The first-order valence-electron chi connectivity index (χ1n) is 7.90. The molecular formula is C16H23ClN4O2. The maximum absolute atomic E-state index is 12.1. The molecule has 126 valence electrons. The summed E-state index contributed by atoms with van der Waals surface area (Å²) in [6.07, 6.45) is 8.96. The van der Waals surface area contributed by atoms with Crippen LogP contribution >= 0.6 is 12.4 Å². The monoisotopic (exact) mass is 338 g/mol. The van der Waals surface area contributed by atoms with Crippen molar-refractivity contribution in [3.63, 3.8) is 0 Å². The van der Waals surface area contributed by atoms with Gasteiger partial charge in [-0.25, -0.2) is 0 Å². The molecule has 4 N–H and O–H groups in total. The second kappa shape index (κ2) is 8.17. The summed E-state index contributed by atoms with van der Waals surface area (Å²) in [5.41, 5.74) is 7.05. The van der Waals surface area contributed by atoms with Crippen molar-refractivity contribution in [3.05, 3.63) is 35.4 Å². The lowest BCUT2D eigenvalue weighted by Crippen LogP contribution is -2.11. The second-order valence-corrected chi connectivity index (χ2v) is 5.86. The number of nitrogens with one attached hydrogen (secondary N) is 2. The van der Waals surface area contributed by atoms with E-state index in [4.69, 9.17) is 10.2 Å². The lowest BCUT2D eigenvalue weighted by molar-refractivity contribution is 0.102. The van der Waals surface area contributed by atoms with Crippen LogP contribution < -0.4 is 11.1 Å². The molecule has 1 aliphatic carbocycles. The minimum Gasteiger partial charge on any atom is -0.467 e. The van der Waals surface area contributed by atoms with Crippen molar-refractivity contribution in [2.24, 2.45) is 5.73 Å². The predicted molar refractivity (Wildman–Crippen MR) is 90.8 cm³/mol. The van der Waals surface area contributed by atoms with Crippen LogP contribution in [0.3, 0.4) is 0 Å². The van der Waals surface area contributed by atoms with E-state index >= 15 is 0 Å². The van der Waals surface area contributed by atoms with E-state index in [1.165, 1.54) is 44.8 Å². The molecule has 6 nitrogen and oxygen atoms in total. The maximum atomic E-state index is 12.1. The number of aromatic amines is 1. The van der Waals surface area contributed by atoms with Crippen molar-refractivity contribution in [1.82, 2.24) is 10.2 Å². The number of nitrogens with zero attached hydrogens (tertiary/aromatic N) is 1. The molecule has 0 spiro atoms. The van der Waals surface area contributed by atoms with Crippen LogP contribution in [0.15, 0.2) is 22.8 Å². The fraction of sp³-hybridized carbons (Fsp3) is 0.500. The fourth-order valence-electron chi connectivity index (χ4n) is 3.00. The topological polar surface area (TPSA) is 96.9 Å². The van der Waals surface area contributed by atoms with Gasteiger partial charge in [0.05, 0.1) is 12.1 Å². The number of nitrogens with two attached hydrogens (primary N) is 1. The van der Waals surface area contributed by atoms with Crippen molar-refractivity contribution in [3.8, 4) is 0 Å². The molecule has 2 aromatic heterocycles. The van der Waals surface area contributed by atoms with Crippen LogP contribution in [-0.2, 0) is 6.54 Å². The number of H-pyrrole nitrogens is 1. The molecule has 1 saturated carbocycles. The molecule has 1 aliphatic rings. The molecule has 0 radical (unpaired) electrons. The van der Waals surface area contributed by atoms with Crippen molar-refractivity contribution in [1.29, 1.82) is 0 Å². The quantitative estimate of drug-likeness (QED) is 0.742. The Hall–Kier alpha value is -1.79. The van der Waals surface area contributed by atoms with Gasteiger partial charge < -0.3 is 15.5 Å². The van der Waals surface area contributed by atoms with Gasteiger partial charge in [0.15, 0.2) is 5.82 Å². The van der Waals surface area contributed by atoms with E-state index in [1.807, 2.05) is 6.07 Å². The Bertz CT molecular complexity index is 630. The molecular weight excluding hydrogens is 316 g/mol. The lowest BCUT2D eigenvalue weighted by atomic mass is 9.97. The highest BCUT2D eigenvalue weighted by molar-refractivity contribution is 6.03. The largest absolute Gasteiger partial charge is 0.467 e. The summed E-state index contributed by atoms with van der Waals surface area (Å²) in [7, 11) is 0. The molecule has 0 bridgehead atoms. The van der Waals surface area contributed by atoms with Gasteiger partial charge in [-0.05, 0) is 18.9 Å². The molecule has 2 heterocycles. The number of carbonyl (C=O) groups is 1. The fourth-order valence-corrected chi connectivity index (χ4v) is 3.00. The SMILES string of the molecule is Cl.NCc1cc(C(=O)Nc2cc(C3CCCCCC3)[nH]n2)co1. The zero-order valence-electron chi connectivity index (χ0n) is 13.0. The summed E-state index contributed by atoms with van der Waals surface area (Å²) in [6.45, 7) is 0.279. The second-order valence-electron chi connectivity index (χ2n) is 5.86. The first-order valence-corrected chi connectivity index (χ1v) is 7.90. The first-order chi connectivity index (χ1) is 10.8. The molecule has 2 aromatic rings. The number of rotatable bonds is 4. The smallest absolute Gasteiger partial charge is 0.260 e. The first kappa shape index (κ1) is 17.6. The number of halogens is 1. The summed E-state index contributed by atoms with van der Waals surface area (Å²) >= 11 is 0. The van der Waals surface area contributed by atoms with Gasteiger partial charge in [0.25, 0.3) is 5.91 Å². The Kier molecular flexibility index (Phi) is 6.24. The van der Waals surface area contributed by atoms with E-state index < -0.39 is 0 Å². The minimum atomic E-state index is -0.234. The van der Waals surface area contributed by atoms with Gasteiger partial charge in [-0.2, -0.15) is 5.10 Å². The lowest BCUT2D eigenvalue weighted by Gasteiger charge is -2.10. The Morgan fingerprint density at radius 3 is 2.70 bits per heavy atom. The molecule has 0 aromatic carbocycles. The molecule has 7 heteroatoms. The average molecular weight is 339 g/mol. The number of aromatic nitrogens is 2.